The van der Waals surface area contributed by atoms with Crippen LogP contribution in [0, 0.1) is 0 Å². The minimum absolute atomic E-state index is 0.399. The van der Waals surface area contributed by atoms with E-state index in [4.69, 9.17) is 11.6 Å². The van der Waals surface area contributed by atoms with E-state index in [-0.39, 0.29) is 0 Å². The van der Waals surface area contributed by atoms with Gasteiger partial charge in [0.15, 0.2) is 0 Å². The molecule has 4 nitrogen and oxygen atoms in total. The van der Waals surface area contributed by atoms with E-state index in [1.54, 1.807) is 12.4 Å². The van der Waals surface area contributed by atoms with Crippen molar-refractivity contribution in [1.29, 1.82) is 0 Å². The first-order valence-corrected chi connectivity index (χ1v) is 7.11. The van der Waals surface area contributed by atoms with Crippen LogP contribution in [0.25, 0.3) is 0 Å². The maximum Gasteiger partial charge on any atom is 0.320 e. The molecule has 2 rings (SSSR count). The molecule has 1 fully saturated rings. The van der Waals surface area contributed by atoms with Gasteiger partial charge in [0.1, 0.15) is 6.04 Å². The van der Waals surface area contributed by atoms with Crippen molar-refractivity contribution in [3.63, 3.8) is 0 Å². The van der Waals surface area contributed by atoms with E-state index in [9.17, 15) is 9.90 Å². The molecule has 1 unspecified atom stereocenters. The van der Waals surface area contributed by atoms with Crippen LogP contribution in [0.2, 0.25) is 5.02 Å². The van der Waals surface area contributed by atoms with Gasteiger partial charge >= 0.3 is 5.97 Å². The van der Waals surface area contributed by atoms with Crippen molar-refractivity contribution in [1.82, 2.24) is 9.88 Å². The Morgan fingerprint density at radius 1 is 1.42 bits per heavy atom. The fourth-order valence-corrected chi connectivity index (χ4v) is 2.74. The Hall–Kier alpha value is -1.13. The first kappa shape index (κ1) is 14.3. The molecule has 1 aromatic heterocycles. The number of carboxylic acids is 1. The van der Waals surface area contributed by atoms with Gasteiger partial charge in [-0.05, 0) is 31.0 Å². The zero-order chi connectivity index (χ0) is 13.7. The van der Waals surface area contributed by atoms with E-state index in [1.165, 1.54) is 6.42 Å². The second-order valence-corrected chi connectivity index (χ2v) is 5.40. The monoisotopic (exact) mass is 282 g/mol. The van der Waals surface area contributed by atoms with Crippen LogP contribution in [0.5, 0.6) is 0 Å². The summed E-state index contributed by atoms with van der Waals surface area (Å²) in [7, 11) is 0. The maximum absolute atomic E-state index is 11.4. The molecule has 5 heteroatoms. The number of hydrogen-bond acceptors (Lipinski definition) is 3. The summed E-state index contributed by atoms with van der Waals surface area (Å²) in [6.07, 6.45) is 8.36. The minimum Gasteiger partial charge on any atom is -0.480 e. The van der Waals surface area contributed by atoms with Crippen LogP contribution in [0.3, 0.4) is 0 Å². The fourth-order valence-electron chi connectivity index (χ4n) is 2.56. The van der Waals surface area contributed by atoms with E-state index < -0.39 is 12.0 Å². The van der Waals surface area contributed by atoms with Crippen molar-refractivity contribution < 1.29 is 9.90 Å². The van der Waals surface area contributed by atoms with Crippen LogP contribution in [-0.4, -0.2) is 33.5 Å². The summed E-state index contributed by atoms with van der Waals surface area (Å²) >= 11 is 6.11. The van der Waals surface area contributed by atoms with Crippen molar-refractivity contribution in [3.8, 4) is 0 Å². The quantitative estimate of drug-likeness (QED) is 0.926. The zero-order valence-corrected chi connectivity index (χ0v) is 11.6. The van der Waals surface area contributed by atoms with Gasteiger partial charge in [-0.3, -0.25) is 14.7 Å². The summed E-state index contributed by atoms with van der Waals surface area (Å²) < 4.78 is 0. The smallest absolute Gasteiger partial charge is 0.320 e. The highest BCUT2D eigenvalue weighted by Gasteiger charge is 2.26. The van der Waals surface area contributed by atoms with Crippen molar-refractivity contribution in [3.05, 3.63) is 29.0 Å². The lowest BCUT2D eigenvalue weighted by molar-refractivity contribution is -0.144. The molecular weight excluding hydrogens is 264 g/mol. The van der Waals surface area contributed by atoms with Gasteiger partial charge < -0.3 is 5.11 Å². The highest BCUT2D eigenvalue weighted by molar-refractivity contribution is 6.31. The van der Waals surface area contributed by atoms with Crippen molar-refractivity contribution in [2.45, 2.75) is 44.7 Å². The Balaban J connectivity index is 2.13. The number of aliphatic carboxylic acids is 1. The topological polar surface area (TPSA) is 53.4 Å². The predicted molar refractivity (Wildman–Crippen MR) is 74.2 cm³/mol. The molecule has 1 saturated heterocycles. The molecule has 1 aliphatic rings. The number of hydrogen-bond donors (Lipinski definition) is 1. The third kappa shape index (κ3) is 3.91. The Kier molecular flexibility index (Phi) is 5.16. The summed E-state index contributed by atoms with van der Waals surface area (Å²) in [5.41, 5.74) is 0.948. The lowest BCUT2D eigenvalue weighted by Crippen LogP contribution is -2.42. The van der Waals surface area contributed by atoms with E-state index in [1.807, 2.05) is 11.0 Å². The first-order chi connectivity index (χ1) is 9.18. The molecule has 1 atom stereocenters. The molecule has 0 bridgehead atoms. The lowest BCUT2D eigenvalue weighted by atomic mass is 10.0. The molecule has 1 N–H and O–H groups in total. The van der Waals surface area contributed by atoms with Crippen molar-refractivity contribution in [2.75, 3.05) is 6.54 Å². The number of aromatic nitrogens is 1. The van der Waals surface area contributed by atoms with Gasteiger partial charge in [0.2, 0.25) is 0 Å². The molecule has 104 valence electrons. The number of likely N-dealkylation sites (tertiary alicyclic amines) is 1. The van der Waals surface area contributed by atoms with Crippen LogP contribution in [0.4, 0.5) is 0 Å². The van der Waals surface area contributed by atoms with Gasteiger partial charge in [-0.2, -0.15) is 0 Å². The van der Waals surface area contributed by atoms with Gasteiger partial charge in [-0.1, -0.05) is 30.9 Å². The molecule has 2 heterocycles. The number of rotatable bonds is 3. The van der Waals surface area contributed by atoms with Crippen LogP contribution in [0.15, 0.2) is 18.5 Å². The molecular formula is C14H19ClN2O2. The zero-order valence-electron chi connectivity index (χ0n) is 10.9. The van der Waals surface area contributed by atoms with Crippen molar-refractivity contribution >= 4 is 17.6 Å². The molecule has 19 heavy (non-hydrogen) atoms. The second-order valence-electron chi connectivity index (χ2n) is 4.99. The molecule has 0 amide bonds. The number of nitrogens with zero attached hydrogens (tertiary/aromatic N) is 2. The molecule has 0 aliphatic carbocycles. The summed E-state index contributed by atoms with van der Waals surface area (Å²) in [5, 5.41) is 9.99. The van der Waals surface area contributed by atoms with Crippen molar-refractivity contribution in [2.24, 2.45) is 0 Å². The Labute approximate surface area is 118 Å². The largest absolute Gasteiger partial charge is 0.480 e. The van der Waals surface area contributed by atoms with Crippen LogP contribution < -0.4 is 0 Å². The maximum atomic E-state index is 11.4. The second kappa shape index (κ2) is 6.87. The van der Waals surface area contributed by atoms with E-state index in [0.29, 0.717) is 11.6 Å². The Bertz CT molecular complexity index is 439. The standard InChI is InChI=1S/C14H19ClN2O2/c15-12-9-16-7-6-11(12)10-17-8-4-2-1-3-5-13(17)14(18)19/h6-7,9,13H,1-5,8,10H2,(H,18,19). The third-order valence-electron chi connectivity index (χ3n) is 3.63. The summed E-state index contributed by atoms with van der Waals surface area (Å²) in [6.45, 7) is 1.40. The summed E-state index contributed by atoms with van der Waals surface area (Å²) in [5.74, 6) is -0.730. The van der Waals surface area contributed by atoms with Crippen LogP contribution >= 0.6 is 11.6 Å². The van der Waals surface area contributed by atoms with Gasteiger partial charge in [-0.15, -0.1) is 0 Å². The van der Waals surface area contributed by atoms with E-state index in [2.05, 4.69) is 4.98 Å². The van der Waals surface area contributed by atoms with Gasteiger partial charge in [0.05, 0.1) is 5.02 Å². The highest BCUT2D eigenvalue weighted by Crippen LogP contribution is 2.22. The molecule has 1 aliphatic heterocycles. The number of carboxylic acid groups (broad SMARTS) is 1. The Morgan fingerprint density at radius 2 is 2.21 bits per heavy atom. The molecule has 0 radical (unpaired) electrons. The predicted octanol–water partition coefficient (Wildman–Crippen LogP) is 2.95. The summed E-state index contributed by atoms with van der Waals surface area (Å²) in [4.78, 5) is 17.4. The third-order valence-corrected chi connectivity index (χ3v) is 3.97. The normalized spacial score (nSPS) is 21.6. The molecule has 0 saturated carbocycles. The highest BCUT2D eigenvalue weighted by atomic mass is 35.5. The lowest BCUT2D eigenvalue weighted by Gasteiger charge is -2.30. The van der Waals surface area contributed by atoms with E-state index >= 15 is 0 Å². The van der Waals surface area contributed by atoms with Gasteiger partial charge in [0, 0.05) is 18.9 Å². The fraction of sp³-hybridized carbons (Fsp3) is 0.571. The number of pyridine rings is 1. The van der Waals surface area contributed by atoms with Crippen LogP contribution in [-0.2, 0) is 11.3 Å². The van der Waals surface area contributed by atoms with E-state index in [0.717, 1.165) is 37.8 Å². The Morgan fingerprint density at radius 3 is 2.95 bits per heavy atom. The first-order valence-electron chi connectivity index (χ1n) is 6.73. The SMILES string of the molecule is O=C(O)C1CCCCCCN1Cc1ccncc1Cl. The van der Waals surface area contributed by atoms with Gasteiger partial charge in [-0.25, -0.2) is 0 Å². The average Bonchev–Trinajstić information content (AvgIpc) is 2.34. The minimum atomic E-state index is -0.730. The number of carbonyl (C=O) groups is 1. The number of halogens is 1. The molecule has 0 spiro atoms. The summed E-state index contributed by atoms with van der Waals surface area (Å²) in [6, 6.07) is 1.46. The van der Waals surface area contributed by atoms with Gasteiger partial charge in [0.25, 0.3) is 0 Å². The molecule has 1 aromatic rings. The average molecular weight is 283 g/mol. The molecule has 0 aromatic carbocycles. The van der Waals surface area contributed by atoms with Crippen LogP contribution in [0.1, 0.15) is 37.7 Å².